The van der Waals surface area contributed by atoms with Crippen LogP contribution in [0.3, 0.4) is 0 Å². The van der Waals surface area contributed by atoms with Gasteiger partial charge in [0.2, 0.25) is 15.0 Å². The maximum absolute atomic E-state index is 11.8. The molecule has 9 heteroatoms. The van der Waals surface area contributed by atoms with Crippen LogP contribution in [0, 0.1) is 0 Å². The number of hydrogen-bond acceptors (Lipinski definition) is 7. The Kier molecular flexibility index (Phi) is 4.50. The van der Waals surface area contributed by atoms with Crippen molar-refractivity contribution in [3.8, 4) is 22.8 Å². The molecule has 1 amide bonds. The number of carbonyl (C=O) groups is 1. The van der Waals surface area contributed by atoms with Gasteiger partial charge in [0.25, 0.3) is 5.91 Å². The largest absolute Gasteiger partial charge is 0.496 e. The van der Waals surface area contributed by atoms with Gasteiger partial charge in [0.05, 0.1) is 25.5 Å². The van der Waals surface area contributed by atoms with E-state index in [0.29, 0.717) is 17.1 Å². The van der Waals surface area contributed by atoms with Crippen LogP contribution in [0.5, 0.6) is 11.5 Å². The van der Waals surface area contributed by atoms with Gasteiger partial charge in [-0.05, 0) is 18.2 Å². The van der Waals surface area contributed by atoms with E-state index in [-0.39, 0.29) is 11.4 Å². The molecule has 0 aliphatic rings. The second kappa shape index (κ2) is 6.21. The molecule has 23 heavy (non-hydrogen) atoms. The lowest BCUT2D eigenvalue weighted by atomic mass is 10.1. The monoisotopic (exact) mass is 337 g/mol. The molecule has 1 heterocycles. The van der Waals surface area contributed by atoms with E-state index >= 15 is 0 Å². The van der Waals surface area contributed by atoms with Crippen molar-refractivity contribution in [3.05, 3.63) is 30.0 Å². The lowest BCUT2D eigenvalue weighted by Crippen LogP contribution is -2.17. The fraction of sp³-hybridized carbons (Fsp3) is 0.214. The van der Waals surface area contributed by atoms with Gasteiger partial charge in [-0.15, -0.1) is 0 Å². The van der Waals surface area contributed by atoms with Crippen LogP contribution in [-0.4, -0.2) is 44.8 Å². The fourth-order valence-electron chi connectivity index (χ4n) is 1.95. The average molecular weight is 337 g/mol. The molecular weight excluding hydrogens is 322 g/mol. The third kappa shape index (κ3) is 3.39. The summed E-state index contributed by atoms with van der Waals surface area (Å²) in [4.78, 5) is 19.1. The summed E-state index contributed by atoms with van der Waals surface area (Å²) < 4.78 is 34.0. The molecule has 0 aliphatic carbocycles. The Morgan fingerprint density at radius 2 is 1.70 bits per heavy atom. The lowest BCUT2D eigenvalue weighted by molar-refractivity contribution is 0.0994. The van der Waals surface area contributed by atoms with Crippen molar-refractivity contribution in [1.29, 1.82) is 0 Å². The van der Waals surface area contributed by atoms with Gasteiger partial charge >= 0.3 is 0 Å². The van der Waals surface area contributed by atoms with Crippen molar-refractivity contribution in [3.63, 3.8) is 0 Å². The van der Waals surface area contributed by atoms with E-state index in [4.69, 9.17) is 15.2 Å². The van der Waals surface area contributed by atoms with Gasteiger partial charge in [-0.2, -0.15) is 0 Å². The second-order valence-electron chi connectivity index (χ2n) is 4.59. The minimum Gasteiger partial charge on any atom is -0.496 e. The van der Waals surface area contributed by atoms with Crippen LogP contribution in [0.1, 0.15) is 10.5 Å². The maximum Gasteiger partial charge on any atom is 0.267 e. The minimum absolute atomic E-state index is 0.156. The van der Waals surface area contributed by atoms with Gasteiger partial charge < -0.3 is 15.2 Å². The molecule has 0 aliphatic heterocycles. The molecular formula is C14H15N3O5S. The van der Waals surface area contributed by atoms with E-state index in [9.17, 15) is 13.2 Å². The topological polar surface area (TPSA) is 121 Å². The number of carbonyl (C=O) groups excluding carboxylic acids is 1. The molecule has 2 aromatic rings. The molecule has 0 atom stereocenters. The molecule has 1 aromatic carbocycles. The maximum atomic E-state index is 11.8. The third-order valence-corrected chi connectivity index (χ3v) is 3.82. The molecule has 122 valence electrons. The van der Waals surface area contributed by atoms with Gasteiger partial charge in [0, 0.05) is 6.26 Å². The zero-order valence-corrected chi connectivity index (χ0v) is 13.5. The highest BCUT2D eigenvalue weighted by molar-refractivity contribution is 7.90. The standard InChI is InChI=1S/C14H15N3O5S/c1-21-10-5-4-6-11(22-2)12(10)8-7-9(13(15)18)17-14(16-8)23(3,19)20/h4-7H,1-3H3,(H2,15,18). The van der Waals surface area contributed by atoms with Gasteiger partial charge in [-0.1, -0.05) is 6.07 Å². The number of ether oxygens (including phenoxy) is 2. The summed E-state index contributed by atoms with van der Waals surface area (Å²) >= 11 is 0. The molecule has 0 radical (unpaired) electrons. The summed E-state index contributed by atoms with van der Waals surface area (Å²) in [5.41, 5.74) is 5.56. The summed E-state index contributed by atoms with van der Waals surface area (Å²) in [6.45, 7) is 0. The molecule has 1 aromatic heterocycles. The number of amides is 1. The number of primary amides is 1. The quantitative estimate of drug-likeness (QED) is 0.795. The van der Waals surface area contributed by atoms with Crippen LogP contribution >= 0.6 is 0 Å². The first kappa shape index (κ1) is 16.7. The van der Waals surface area contributed by atoms with Crippen LogP contribution < -0.4 is 15.2 Å². The number of rotatable bonds is 5. The van der Waals surface area contributed by atoms with Gasteiger partial charge in [-0.3, -0.25) is 4.79 Å². The molecule has 2 N–H and O–H groups in total. The van der Waals surface area contributed by atoms with Crippen LogP contribution in [0.25, 0.3) is 11.3 Å². The number of hydrogen-bond donors (Lipinski definition) is 1. The minimum atomic E-state index is -3.74. The summed E-state index contributed by atoms with van der Waals surface area (Å²) in [6.07, 6.45) is 0.941. The van der Waals surface area contributed by atoms with Crippen molar-refractivity contribution in [2.24, 2.45) is 5.73 Å². The highest BCUT2D eigenvalue weighted by Gasteiger charge is 2.21. The van der Waals surface area contributed by atoms with Crippen LogP contribution in [-0.2, 0) is 9.84 Å². The smallest absolute Gasteiger partial charge is 0.267 e. The van der Waals surface area contributed by atoms with Gasteiger partial charge in [0.1, 0.15) is 17.2 Å². The van der Waals surface area contributed by atoms with Crippen LogP contribution in [0.2, 0.25) is 0 Å². The Morgan fingerprint density at radius 3 is 2.13 bits per heavy atom. The third-order valence-electron chi connectivity index (χ3n) is 2.97. The van der Waals surface area contributed by atoms with E-state index in [2.05, 4.69) is 9.97 Å². The zero-order valence-electron chi connectivity index (χ0n) is 12.7. The Balaban J connectivity index is 2.83. The number of aromatic nitrogens is 2. The van der Waals surface area contributed by atoms with Crippen molar-refractivity contribution < 1.29 is 22.7 Å². The Labute approximate surface area is 133 Å². The molecule has 8 nitrogen and oxygen atoms in total. The summed E-state index contributed by atoms with van der Waals surface area (Å²) in [5, 5.41) is -0.503. The van der Waals surface area contributed by atoms with Crippen LogP contribution in [0.4, 0.5) is 0 Å². The molecule has 0 saturated carbocycles. The van der Waals surface area contributed by atoms with Gasteiger partial charge in [0.15, 0.2) is 0 Å². The van der Waals surface area contributed by atoms with E-state index in [0.717, 1.165) is 6.26 Å². The number of nitrogens with zero attached hydrogens (tertiary/aromatic N) is 2. The first-order valence-corrected chi connectivity index (χ1v) is 8.27. The zero-order chi connectivity index (χ0) is 17.2. The Bertz CT molecular complexity index is 842. The summed E-state index contributed by atoms with van der Waals surface area (Å²) in [6, 6.07) is 6.31. The molecule has 0 fully saturated rings. The first-order valence-electron chi connectivity index (χ1n) is 6.38. The Hall–Kier alpha value is -2.68. The normalized spacial score (nSPS) is 11.1. The predicted octanol–water partition coefficient (Wildman–Crippen LogP) is 0.663. The van der Waals surface area contributed by atoms with Crippen LogP contribution in [0.15, 0.2) is 29.4 Å². The number of benzene rings is 1. The van der Waals surface area contributed by atoms with E-state index in [1.165, 1.54) is 20.3 Å². The van der Waals surface area contributed by atoms with Crippen molar-refractivity contribution in [2.45, 2.75) is 5.16 Å². The van der Waals surface area contributed by atoms with Crippen molar-refractivity contribution in [1.82, 2.24) is 9.97 Å². The Morgan fingerprint density at radius 1 is 1.13 bits per heavy atom. The van der Waals surface area contributed by atoms with E-state index in [1.54, 1.807) is 18.2 Å². The average Bonchev–Trinajstić information content (AvgIpc) is 2.52. The predicted molar refractivity (Wildman–Crippen MR) is 82.2 cm³/mol. The molecule has 0 unspecified atom stereocenters. The van der Waals surface area contributed by atoms with E-state index in [1.807, 2.05) is 0 Å². The SMILES string of the molecule is COc1cccc(OC)c1-c1cc(C(N)=O)nc(S(C)(=O)=O)n1. The highest BCUT2D eigenvalue weighted by atomic mass is 32.2. The number of nitrogens with two attached hydrogens (primary N) is 1. The summed E-state index contributed by atoms with van der Waals surface area (Å²) in [5.74, 6) is -0.0664. The number of methoxy groups -OCH3 is 2. The lowest BCUT2D eigenvalue weighted by Gasteiger charge is -2.13. The molecule has 0 spiro atoms. The second-order valence-corrected chi connectivity index (χ2v) is 6.50. The first-order chi connectivity index (χ1) is 10.8. The van der Waals surface area contributed by atoms with Gasteiger partial charge in [-0.25, -0.2) is 18.4 Å². The van der Waals surface area contributed by atoms with Crippen molar-refractivity contribution in [2.75, 3.05) is 20.5 Å². The van der Waals surface area contributed by atoms with Crippen molar-refractivity contribution >= 4 is 15.7 Å². The number of sulfone groups is 1. The molecule has 2 rings (SSSR count). The molecule has 0 saturated heterocycles. The molecule has 0 bridgehead atoms. The fourth-order valence-corrected chi connectivity index (χ4v) is 2.48. The highest BCUT2D eigenvalue weighted by Crippen LogP contribution is 2.37. The van der Waals surface area contributed by atoms with E-state index < -0.39 is 20.9 Å². The summed E-state index contributed by atoms with van der Waals surface area (Å²) in [7, 11) is -0.839.